The van der Waals surface area contributed by atoms with Crippen LogP contribution < -0.4 is 0 Å². The second-order valence-electron chi connectivity index (χ2n) is 10.8. The van der Waals surface area contributed by atoms with Crippen molar-refractivity contribution in [2.24, 2.45) is 0 Å². The van der Waals surface area contributed by atoms with Gasteiger partial charge in [0.1, 0.15) is 24.9 Å². The van der Waals surface area contributed by atoms with E-state index in [0.29, 0.717) is 26.2 Å². The number of carbonyl (C=O) groups excluding carboxylic acids is 1. The minimum absolute atomic E-state index is 0.205. The molecule has 4 aromatic rings. The van der Waals surface area contributed by atoms with Crippen LogP contribution in [0.5, 0.6) is 0 Å². The smallest absolute Gasteiger partial charge is 0.306 e. The summed E-state index contributed by atoms with van der Waals surface area (Å²) in [6.07, 6.45) is -1.31. The Morgan fingerprint density at radius 3 is 1.42 bits per heavy atom. The molecule has 0 saturated carbocycles. The van der Waals surface area contributed by atoms with Crippen LogP contribution in [-0.2, 0) is 54.9 Å². The maximum atomic E-state index is 12.8. The van der Waals surface area contributed by atoms with Gasteiger partial charge in [0.25, 0.3) is 0 Å². The first-order chi connectivity index (χ1) is 21.2. The average Bonchev–Trinajstić information content (AvgIpc) is 3.06. The van der Waals surface area contributed by atoms with Crippen LogP contribution >= 0.6 is 0 Å². The van der Waals surface area contributed by atoms with Gasteiger partial charge in [-0.25, -0.2) is 0 Å². The zero-order valence-electron chi connectivity index (χ0n) is 24.6. The molecule has 0 aromatic heterocycles. The summed E-state index contributed by atoms with van der Waals surface area (Å²) in [4.78, 5) is 12.8. The van der Waals surface area contributed by atoms with Crippen molar-refractivity contribution in [3.8, 4) is 0 Å². The fraction of sp³-hybridized carbons (Fsp3) is 0.324. The Morgan fingerprint density at radius 2 is 0.953 bits per heavy atom. The van der Waals surface area contributed by atoms with Crippen molar-refractivity contribution in [1.29, 1.82) is 0 Å². The van der Waals surface area contributed by atoms with Crippen LogP contribution in [0.1, 0.15) is 42.0 Å². The van der Waals surface area contributed by atoms with Gasteiger partial charge in [-0.2, -0.15) is 0 Å². The van der Waals surface area contributed by atoms with Crippen LogP contribution in [0, 0.1) is 0 Å². The Labute approximate surface area is 254 Å². The maximum absolute atomic E-state index is 12.8. The summed E-state index contributed by atoms with van der Waals surface area (Å²) in [6, 6.07) is 39.9. The molecule has 1 aliphatic heterocycles. The highest BCUT2D eigenvalue weighted by atomic mass is 16.6. The van der Waals surface area contributed by atoms with Crippen LogP contribution in [-0.4, -0.2) is 36.5 Å². The van der Waals surface area contributed by atoms with E-state index in [1.54, 1.807) is 0 Å². The van der Waals surface area contributed by atoms with Crippen LogP contribution in [0.15, 0.2) is 121 Å². The summed E-state index contributed by atoms with van der Waals surface area (Å²) in [5.74, 6) is -0.272. The zero-order chi connectivity index (χ0) is 29.7. The molecule has 1 heterocycles. The minimum atomic E-state index is -0.470. The largest absolute Gasteiger partial charge is 0.461 e. The lowest BCUT2D eigenvalue weighted by atomic mass is 9.92. The van der Waals surface area contributed by atoms with E-state index in [9.17, 15) is 4.79 Å². The van der Waals surface area contributed by atoms with E-state index in [-0.39, 0.29) is 37.3 Å². The monoisotopic (exact) mass is 580 g/mol. The van der Waals surface area contributed by atoms with Gasteiger partial charge in [-0.1, -0.05) is 121 Å². The topological polar surface area (TPSA) is 63.2 Å². The summed E-state index contributed by atoms with van der Waals surface area (Å²) >= 11 is 0. The van der Waals surface area contributed by atoms with E-state index in [4.69, 9.17) is 23.7 Å². The summed E-state index contributed by atoms with van der Waals surface area (Å²) in [6.45, 7) is 3.46. The normalized spacial score (nSPS) is 21.7. The highest BCUT2D eigenvalue weighted by molar-refractivity contribution is 5.69. The standard InChI is InChI=1S/C37H40O6/c1-28-35(40-25-30-16-8-3-9-17-30)37(42-27-32-20-12-5-13-21-32)36(41-26-31-18-10-4-11-19-31)33(43-28)22-23-34(38)39-24-29-14-6-2-7-15-29/h2-21,28,33,35-37H,22-27H2,1H3/t28-,33-,35-,36-,37+/m0/s1. The molecule has 1 aliphatic rings. The number of ether oxygens (including phenoxy) is 5. The van der Waals surface area contributed by atoms with Crippen molar-refractivity contribution in [3.05, 3.63) is 144 Å². The molecule has 4 aromatic carbocycles. The van der Waals surface area contributed by atoms with E-state index < -0.39 is 12.2 Å². The lowest BCUT2D eigenvalue weighted by Gasteiger charge is -2.45. The van der Waals surface area contributed by atoms with Crippen molar-refractivity contribution in [1.82, 2.24) is 0 Å². The lowest BCUT2D eigenvalue weighted by Crippen LogP contribution is -2.59. The third kappa shape index (κ3) is 9.34. The molecule has 0 N–H and O–H groups in total. The Kier molecular flexibility index (Phi) is 11.5. The van der Waals surface area contributed by atoms with Crippen molar-refractivity contribution in [2.45, 2.75) is 76.7 Å². The van der Waals surface area contributed by atoms with E-state index in [1.165, 1.54) is 0 Å². The predicted molar refractivity (Wildman–Crippen MR) is 165 cm³/mol. The minimum Gasteiger partial charge on any atom is -0.461 e. The van der Waals surface area contributed by atoms with E-state index >= 15 is 0 Å². The third-order valence-corrected chi connectivity index (χ3v) is 7.60. The summed E-state index contributed by atoms with van der Waals surface area (Å²) in [5, 5.41) is 0. The molecule has 5 atom stereocenters. The average molecular weight is 581 g/mol. The Balaban J connectivity index is 1.32. The van der Waals surface area contributed by atoms with Crippen LogP contribution in [0.2, 0.25) is 0 Å². The van der Waals surface area contributed by atoms with Gasteiger partial charge in [0, 0.05) is 6.42 Å². The highest BCUT2D eigenvalue weighted by Crippen LogP contribution is 2.32. The summed E-state index contributed by atoms with van der Waals surface area (Å²) in [5.41, 5.74) is 4.13. The van der Waals surface area contributed by atoms with Gasteiger partial charge in [-0.3, -0.25) is 4.79 Å². The van der Waals surface area contributed by atoms with Crippen LogP contribution in [0.4, 0.5) is 0 Å². The van der Waals surface area contributed by atoms with Gasteiger partial charge in [-0.05, 0) is 35.6 Å². The molecule has 43 heavy (non-hydrogen) atoms. The SMILES string of the molecule is C[C@@H]1O[C@@H](CCC(=O)OCc2ccccc2)[C@H](OCc2ccccc2)[C@H](OCc2ccccc2)[C@H]1OCc1ccccc1. The van der Waals surface area contributed by atoms with Crippen molar-refractivity contribution in [2.75, 3.05) is 0 Å². The molecule has 0 bridgehead atoms. The first kappa shape index (κ1) is 30.6. The third-order valence-electron chi connectivity index (χ3n) is 7.60. The quantitative estimate of drug-likeness (QED) is 0.149. The second kappa shape index (κ2) is 16.1. The molecule has 1 saturated heterocycles. The first-order valence-electron chi connectivity index (χ1n) is 15.0. The number of benzene rings is 4. The Hall–Kier alpha value is -3.81. The predicted octanol–water partition coefficient (Wildman–Crippen LogP) is 7.05. The van der Waals surface area contributed by atoms with Crippen molar-refractivity contribution >= 4 is 5.97 Å². The van der Waals surface area contributed by atoms with E-state index in [1.807, 2.05) is 128 Å². The summed E-state index contributed by atoms with van der Waals surface area (Å²) < 4.78 is 31.8. The van der Waals surface area contributed by atoms with Crippen molar-refractivity contribution in [3.63, 3.8) is 0 Å². The van der Waals surface area contributed by atoms with Crippen LogP contribution in [0.25, 0.3) is 0 Å². The number of esters is 1. The van der Waals surface area contributed by atoms with Gasteiger partial charge >= 0.3 is 5.97 Å². The molecular formula is C37H40O6. The number of carbonyl (C=O) groups is 1. The van der Waals surface area contributed by atoms with Gasteiger partial charge < -0.3 is 23.7 Å². The van der Waals surface area contributed by atoms with Gasteiger partial charge in [0.2, 0.25) is 0 Å². The van der Waals surface area contributed by atoms with Gasteiger partial charge in [-0.15, -0.1) is 0 Å². The van der Waals surface area contributed by atoms with Gasteiger partial charge in [0.15, 0.2) is 0 Å². The van der Waals surface area contributed by atoms with Gasteiger partial charge in [0.05, 0.1) is 32.0 Å². The number of hydrogen-bond donors (Lipinski definition) is 0. The Bertz CT molecular complexity index is 1350. The molecule has 0 amide bonds. The molecular weight excluding hydrogens is 540 g/mol. The second-order valence-corrected chi connectivity index (χ2v) is 10.8. The molecule has 0 unspecified atom stereocenters. The fourth-order valence-electron chi connectivity index (χ4n) is 5.32. The van der Waals surface area contributed by atoms with E-state index in [0.717, 1.165) is 22.3 Å². The lowest BCUT2D eigenvalue weighted by molar-refractivity contribution is -0.262. The molecule has 1 fully saturated rings. The van der Waals surface area contributed by atoms with E-state index in [2.05, 4.69) is 0 Å². The maximum Gasteiger partial charge on any atom is 0.306 e. The van der Waals surface area contributed by atoms with Crippen LogP contribution in [0.3, 0.4) is 0 Å². The molecule has 6 nitrogen and oxygen atoms in total. The number of hydrogen-bond acceptors (Lipinski definition) is 6. The van der Waals surface area contributed by atoms with Crippen molar-refractivity contribution < 1.29 is 28.5 Å². The fourth-order valence-corrected chi connectivity index (χ4v) is 5.32. The first-order valence-corrected chi connectivity index (χ1v) is 15.0. The molecule has 5 rings (SSSR count). The highest BCUT2D eigenvalue weighted by Gasteiger charge is 2.46. The molecule has 0 radical (unpaired) electrons. The molecule has 0 aliphatic carbocycles. The Morgan fingerprint density at radius 1 is 0.558 bits per heavy atom. The molecule has 224 valence electrons. The molecule has 0 spiro atoms. The summed E-state index contributed by atoms with van der Waals surface area (Å²) in [7, 11) is 0. The number of rotatable bonds is 14. The zero-order valence-corrected chi connectivity index (χ0v) is 24.6. The molecule has 6 heteroatoms.